The average Bonchev–Trinajstić information content (AvgIpc) is 2.68. The maximum Gasteiger partial charge on any atom is 0.0693 e. The molecule has 16 heavy (non-hydrogen) atoms. The molecular formula is C13H25NO2. The van der Waals surface area contributed by atoms with E-state index in [-0.39, 0.29) is 24.3 Å². The predicted octanol–water partition coefficient (Wildman–Crippen LogP) is 1.43. The van der Waals surface area contributed by atoms with Crippen LogP contribution in [0.2, 0.25) is 0 Å². The zero-order valence-electron chi connectivity index (χ0n) is 10.3. The van der Waals surface area contributed by atoms with Gasteiger partial charge in [-0.25, -0.2) is 0 Å². The molecule has 0 aliphatic heterocycles. The van der Waals surface area contributed by atoms with Crippen molar-refractivity contribution in [3.63, 3.8) is 0 Å². The van der Waals surface area contributed by atoms with Crippen molar-refractivity contribution in [2.45, 2.75) is 69.6 Å². The Kier molecular flexibility index (Phi) is 3.88. The molecule has 3 nitrogen and oxygen atoms in total. The summed E-state index contributed by atoms with van der Waals surface area (Å²) in [6.07, 6.45) is 7.35. The van der Waals surface area contributed by atoms with Gasteiger partial charge in [0.25, 0.3) is 0 Å². The van der Waals surface area contributed by atoms with Gasteiger partial charge < -0.3 is 15.5 Å². The fourth-order valence-electron chi connectivity index (χ4n) is 3.16. The topological polar surface area (TPSA) is 52.5 Å². The lowest BCUT2D eigenvalue weighted by Gasteiger charge is -2.41. The molecule has 2 aliphatic rings. The lowest BCUT2D eigenvalue weighted by atomic mass is 9.77. The summed E-state index contributed by atoms with van der Waals surface area (Å²) >= 11 is 0. The Bertz CT molecular complexity index is 224. The Morgan fingerprint density at radius 1 is 1.19 bits per heavy atom. The molecule has 2 fully saturated rings. The average molecular weight is 227 g/mol. The first kappa shape index (κ1) is 12.3. The zero-order chi connectivity index (χ0) is 11.6. The van der Waals surface area contributed by atoms with Crippen molar-refractivity contribution >= 4 is 0 Å². The predicted molar refractivity (Wildman–Crippen MR) is 64.2 cm³/mol. The number of nitrogens with one attached hydrogen (secondary N) is 1. The van der Waals surface area contributed by atoms with Crippen molar-refractivity contribution < 1.29 is 10.2 Å². The molecule has 0 aromatic heterocycles. The molecule has 0 aromatic rings. The van der Waals surface area contributed by atoms with Crippen molar-refractivity contribution in [2.24, 2.45) is 5.92 Å². The monoisotopic (exact) mass is 227 g/mol. The van der Waals surface area contributed by atoms with Crippen molar-refractivity contribution in [1.29, 1.82) is 0 Å². The van der Waals surface area contributed by atoms with Crippen LogP contribution in [0.4, 0.5) is 0 Å². The van der Waals surface area contributed by atoms with E-state index in [9.17, 15) is 10.2 Å². The number of hydrogen-bond acceptors (Lipinski definition) is 3. The fourth-order valence-corrected chi connectivity index (χ4v) is 3.16. The maximum absolute atomic E-state index is 9.84. The summed E-state index contributed by atoms with van der Waals surface area (Å²) in [7, 11) is 0. The molecule has 0 saturated heterocycles. The van der Waals surface area contributed by atoms with Crippen molar-refractivity contribution in [2.75, 3.05) is 6.61 Å². The summed E-state index contributed by atoms with van der Waals surface area (Å²) in [6.45, 7) is 2.49. The Balaban J connectivity index is 1.93. The fraction of sp³-hybridized carbons (Fsp3) is 1.00. The second-order valence-corrected chi connectivity index (χ2v) is 5.87. The van der Waals surface area contributed by atoms with Crippen LogP contribution in [-0.4, -0.2) is 34.5 Å². The number of rotatable bonds is 3. The Hall–Kier alpha value is -0.120. The molecule has 0 unspecified atom stereocenters. The van der Waals surface area contributed by atoms with Crippen LogP contribution in [-0.2, 0) is 0 Å². The van der Waals surface area contributed by atoms with Gasteiger partial charge in [0.05, 0.1) is 12.7 Å². The minimum Gasteiger partial charge on any atom is -0.394 e. The van der Waals surface area contributed by atoms with Crippen LogP contribution in [0.25, 0.3) is 0 Å². The van der Waals surface area contributed by atoms with E-state index in [1.807, 2.05) is 0 Å². The minimum absolute atomic E-state index is 0.109. The molecule has 94 valence electrons. The van der Waals surface area contributed by atoms with E-state index in [2.05, 4.69) is 12.2 Å². The van der Waals surface area contributed by atoms with Crippen molar-refractivity contribution in [1.82, 2.24) is 5.32 Å². The van der Waals surface area contributed by atoms with E-state index in [0.29, 0.717) is 0 Å². The molecule has 0 amide bonds. The van der Waals surface area contributed by atoms with E-state index in [4.69, 9.17) is 0 Å². The van der Waals surface area contributed by atoms with Gasteiger partial charge >= 0.3 is 0 Å². The van der Waals surface area contributed by atoms with Crippen LogP contribution in [0.5, 0.6) is 0 Å². The molecular weight excluding hydrogens is 202 g/mol. The molecule has 2 atom stereocenters. The summed E-state index contributed by atoms with van der Waals surface area (Å²) in [6, 6.07) is 0.209. The highest BCUT2D eigenvalue weighted by Crippen LogP contribution is 2.33. The van der Waals surface area contributed by atoms with Crippen LogP contribution in [0.15, 0.2) is 0 Å². The largest absolute Gasteiger partial charge is 0.394 e. The van der Waals surface area contributed by atoms with E-state index in [1.165, 1.54) is 12.8 Å². The standard InChI is InChI=1S/C13H25NO2/c1-10-5-7-13(9-15,8-6-10)14-11-3-2-4-12(11)16/h10-12,14-16H,2-9H2,1H3/t10?,11-,12-,13?/m0/s1. The van der Waals surface area contributed by atoms with Crippen LogP contribution in [0, 0.1) is 5.92 Å². The molecule has 2 aliphatic carbocycles. The van der Waals surface area contributed by atoms with Gasteiger partial charge in [0, 0.05) is 11.6 Å². The number of aliphatic hydroxyl groups is 2. The van der Waals surface area contributed by atoms with Gasteiger partial charge in [0.15, 0.2) is 0 Å². The van der Waals surface area contributed by atoms with E-state index >= 15 is 0 Å². The van der Waals surface area contributed by atoms with Crippen LogP contribution >= 0.6 is 0 Å². The second kappa shape index (κ2) is 5.03. The third-order valence-electron chi connectivity index (χ3n) is 4.51. The summed E-state index contributed by atoms with van der Waals surface area (Å²) in [5.74, 6) is 0.787. The Morgan fingerprint density at radius 2 is 1.88 bits per heavy atom. The minimum atomic E-state index is -0.206. The van der Waals surface area contributed by atoms with E-state index < -0.39 is 0 Å². The maximum atomic E-state index is 9.84. The highest BCUT2D eigenvalue weighted by molar-refractivity contribution is 4.97. The first-order valence-corrected chi connectivity index (χ1v) is 6.72. The molecule has 3 N–H and O–H groups in total. The summed E-state index contributed by atoms with van der Waals surface area (Å²) < 4.78 is 0. The van der Waals surface area contributed by atoms with Gasteiger partial charge in [-0.2, -0.15) is 0 Å². The molecule has 0 aromatic carbocycles. The molecule has 0 spiro atoms. The zero-order valence-corrected chi connectivity index (χ0v) is 10.3. The highest BCUT2D eigenvalue weighted by atomic mass is 16.3. The third-order valence-corrected chi connectivity index (χ3v) is 4.51. The van der Waals surface area contributed by atoms with Gasteiger partial charge in [0.1, 0.15) is 0 Å². The summed E-state index contributed by atoms with van der Waals surface area (Å²) in [5, 5.41) is 23.0. The third kappa shape index (κ3) is 2.58. The van der Waals surface area contributed by atoms with E-state index in [1.54, 1.807) is 0 Å². The summed E-state index contributed by atoms with van der Waals surface area (Å²) in [4.78, 5) is 0. The highest BCUT2D eigenvalue weighted by Gasteiger charge is 2.38. The SMILES string of the molecule is CC1CCC(CO)(N[C@H]2CCC[C@@H]2O)CC1. The van der Waals surface area contributed by atoms with Crippen LogP contribution < -0.4 is 5.32 Å². The van der Waals surface area contributed by atoms with Crippen LogP contribution in [0.3, 0.4) is 0 Å². The van der Waals surface area contributed by atoms with Gasteiger partial charge in [-0.1, -0.05) is 6.92 Å². The first-order chi connectivity index (χ1) is 7.65. The molecule has 2 saturated carbocycles. The van der Waals surface area contributed by atoms with Crippen LogP contribution in [0.1, 0.15) is 51.9 Å². The van der Waals surface area contributed by atoms with Gasteiger partial charge in [-0.3, -0.25) is 0 Å². The number of hydrogen-bond donors (Lipinski definition) is 3. The van der Waals surface area contributed by atoms with Crippen molar-refractivity contribution in [3.8, 4) is 0 Å². The molecule has 0 heterocycles. The normalized spacial score (nSPS) is 44.8. The summed E-state index contributed by atoms with van der Waals surface area (Å²) in [5.41, 5.74) is -0.109. The lowest BCUT2D eigenvalue weighted by Crippen LogP contribution is -2.56. The lowest BCUT2D eigenvalue weighted by molar-refractivity contribution is 0.0649. The Morgan fingerprint density at radius 3 is 2.38 bits per heavy atom. The molecule has 3 heteroatoms. The first-order valence-electron chi connectivity index (χ1n) is 6.72. The van der Waals surface area contributed by atoms with Gasteiger partial charge in [-0.15, -0.1) is 0 Å². The van der Waals surface area contributed by atoms with Gasteiger partial charge in [0.2, 0.25) is 0 Å². The molecule has 0 bridgehead atoms. The Labute approximate surface area is 98.2 Å². The van der Waals surface area contributed by atoms with Gasteiger partial charge in [-0.05, 0) is 50.9 Å². The van der Waals surface area contributed by atoms with E-state index in [0.717, 1.165) is 38.0 Å². The second-order valence-electron chi connectivity index (χ2n) is 5.87. The molecule has 2 rings (SSSR count). The van der Waals surface area contributed by atoms with Crippen molar-refractivity contribution in [3.05, 3.63) is 0 Å². The smallest absolute Gasteiger partial charge is 0.0693 e. The number of aliphatic hydroxyl groups excluding tert-OH is 2. The molecule has 0 radical (unpaired) electrons. The quantitative estimate of drug-likeness (QED) is 0.683.